The van der Waals surface area contributed by atoms with Crippen LogP contribution in [0.15, 0.2) is 60.0 Å². The predicted molar refractivity (Wildman–Crippen MR) is 106 cm³/mol. The number of carboxylic acids is 1. The van der Waals surface area contributed by atoms with Crippen LogP contribution < -0.4 is 5.32 Å². The molecule has 0 bridgehead atoms. The lowest BCUT2D eigenvalue weighted by molar-refractivity contribution is -0.146. The monoisotopic (exact) mass is 398 g/mol. The van der Waals surface area contributed by atoms with Crippen molar-refractivity contribution in [2.45, 2.75) is 25.3 Å². The molecule has 0 saturated heterocycles. The molecule has 0 aliphatic heterocycles. The van der Waals surface area contributed by atoms with Gasteiger partial charge >= 0.3 is 5.97 Å². The molecule has 1 amide bonds. The normalized spacial score (nSPS) is 12.9. The fourth-order valence-corrected chi connectivity index (χ4v) is 3.65. The zero-order valence-corrected chi connectivity index (χ0v) is 16.0. The Morgan fingerprint density at radius 3 is 2.61 bits per heavy atom. The van der Waals surface area contributed by atoms with Crippen LogP contribution in [0.25, 0.3) is 10.6 Å². The van der Waals surface area contributed by atoms with E-state index in [1.54, 1.807) is 17.5 Å². The van der Waals surface area contributed by atoms with Crippen LogP contribution >= 0.6 is 11.3 Å². The van der Waals surface area contributed by atoms with Crippen molar-refractivity contribution in [3.8, 4) is 10.6 Å². The van der Waals surface area contributed by atoms with Crippen molar-refractivity contribution in [1.82, 2.24) is 10.3 Å². The number of aliphatic carboxylic acids is 1. The molecular formula is C21H19FN2O3S. The average molecular weight is 398 g/mol. The molecule has 2 N–H and O–H groups in total. The van der Waals surface area contributed by atoms with E-state index >= 15 is 0 Å². The van der Waals surface area contributed by atoms with Crippen LogP contribution in [0, 0.1) is 5.82 Å². The van der Waals surface area contributed by atoms with Crippen LogP contribution in [-0.2, 0) is 22.4 Å². The SMILES string of the molecule is CC(Cc1ccccc1)(NC(=O)Cc1csc(-c2cccc(F)c2)n1)C(=O)O. The summed E-state index contributed by atoms with van der Waals surface area (Å²) >= 11 is 1.31. The van der Waals surface area contributed by atoms with Gasteiger partial charge in [0, 0.05) is 17.4 Å². The minimum Gasteiger partial charge on any atom is -0.480 e. The highest BCUT2D eigenvalue weighted by Gasteiger charge is 2.35. The largest absolute Gasteiger partial charge is 0.480 e. The van der Waals surface area contributed by atoms with Gasteiger partial charge in [-0.05, 0) is 24.6 Å². The van der Waals surface area contributed by atoms with Crippen molar-refractivity contribution in [2.24, 2.45) is 0 Å². The van der Waals surface area contributed by atoms with Crippen molar-refractivity contribution in [3.63, 3.8) is 0 Å². The molecule has 7 heteroatoms. The number of carbonyl (C=O) groups excluding carboxylic acids is 1. The minimum absolute atomic E-state index is 0.0521. The predicted octanol–water partition coefficient (Wildman–Crippen LogP) is 3.69. The molecule has 0 saturated carbocycles. The molecule has 0 aliphatic rings. The second kappa shape index (κ2) is 8.31. The third kappa shape index (κ3) is 4.80. The third-order valence-corrected chi connectivity index (χ3v) is 5.19. The van der Waals surface area contributed by atoms with Crippen LogP contribution in [0.3, 0.4) is 0 Å². The molecule has 3 aromatic rings. The summed E-state index contributed by atoms with van der Waals surface area (Å²) in [5, 5.41) is 14.6. The summed E-state index contributed by atoms with van der Waals surface area (Å²) < 4.78 is 13.4. The lowest BCUT2D eigenvalue weighted by atomic mass is 9.92. The number of amides is 1. The number of hydrogen-bond acceptors (Lipinski definition) is 4. The zero-order chi connectivity index (χ0) is 20.1. The number of hydrogen-bond donors (Lipinski definition) is 2. The molecule has 0 spiro atoms. The van der Waals surface area contributed by atoms with Gasteiger partial charge in [-0.1, -0.05) is 42.5 Å². The fourth-order valence-electron chi connectivity index (χ4n) is 2.84. The first-order chi connectivity index (χ1) is 13.4. The number of thiazole rings is 1. The number of carbonyl (C=O) groups is 2. The maximum Gasteiger partial charge on any atom is 0.329 e. The summed E-state index contributed by atoms with van der Waals surface area (Å²) in [6.45, 7) is 1.49. The van der Waals surface area contributed by atoms with Gasteiger partial charge in [0.15, 0.2) is 0 Å². The number of rotatable bonds is 7. The number of benzene rings is 2. The van der Waals surface area contributed by atoms with Crippen molar-refractivity contribution < 1.29 is 19.1 Å². The van der Waals surface area contributed by atoms with Gasteiger partial charge in [0.2, 0.25) is 5.91 Å². The van der Waals surface area contributed by atoms with Crippen LogP contribution in [-0.4, -0.2) is 27.5 Å². The number of carboxylic acid groups (broad SMARTS) is 1. The first-order valence-electron chi connectivity index (χ1n) is 8.64. The summed E-state index contributed by atoms with van der Waals surface area (Å²) in [5.74, 6) is -1.90. The van der Waals surface area contributed by atoms with E-state index in [9.17, 15) is 19.1 Å². The molecular weight excluding hydrogens is 379 g/mol. The summed E-state index contributed by atoms with van der Waals surface area (Å²) in [7, 11) is 0. The van der Waals surface area contributed by atoms with E-state index in [1.165, 1.54) is 30.4 Å². The zero-order valence-electron chi connectivity index (χ0n) is 15.2. The van der Waals surface area contributed by atoms with Gasteiger partial charge in [0.1, 0.15) is 16.4 Å². The molecule has 1 aromatic heterocycles. The lowest BCUT2D eigenvalue weighted by Crippen LogP contribution is -2.54. The second-order valence-electron chi connectivity index (χ2n) is 6.68. The first kappa shape index (κ1) is 19.7. The molecule has 1 atom stereocenters. The van der Waals surface area contributed by atoms with E-state index in [0.29, 0.717) is 16.3 Å². The maximum atomic E-state index is 13.4. The minimum atomic E-state index is -1.43. The summed E-state index contributed by atoms with van der Waals surface area (Å²) in [6, 6.07) is 15.2. The first-order valence-corrected chi connectivity index (χ1v) is 9.52. The number of halogens is 1. The molecule has 0 radical (unpaired) electrons. The molecule has 3 rings (SSSR count). The smallest absolute Gasteiger partial charge is 0.329 e. The van der Waals surface area contributed by atoms with E-state index in [4.69, 9.17) is 0 Å². The van der Waals surface area contributed by atoms with Crippen LogP contribution in [0.5, 0.6) is 0 Å². The molecule has 2 aromatic carbocycles. The van der Waals surface area contributed by atoms with Gasteiger partial charge in [0.05, 0.1) is 12.1 Å². The molecule has 1 heterocycles. The topological polar surface area (TPSA) is 79.3 Å². The Bertz CT molecular complexity index is 990. The fraction of sp³-hybridized carbons (Fsp3) is 0.190. The number of nitrogens with zero attached hydrogens (tertiary/aromatic N) is 1. The lowest BCUT2D eigenvalue weighted by Gasteiger charge is -2.26. The van der Waals surface area contributed by atoms with Crippen LogP contribution in [0.2, 0.25) is 0 Å². The second-order valence-corrected chi connectivity index (χ2v) is 7.54. The van der Waals surface area contributed by atoms with Crippen molar-refractivity contribution in [1.29, 1.82) is 0 Å². The van der Waals surface area contributed by atoms with Gasteiger partial charge in [-0.2, -0.15) is 0 Å². The van der Waals surface area contributed by atoms with E-state index in [1.807, 2.05) is 30.3 Å². The summed E-state index contributed by atoms with van der Waals surface area (Å²) in [5.41, 5.74) is 0.528. The summed E-state index contributed by atoms with van der Waals surface area (Å²) in [6.07, 6.45) is 0.115. The standard InChI is InChI=1S/C21H19FN2O3S/c1-21(20(26)27,12-14-6-3-2-4-7-14)24-18(25)11-17-13-28-19(23-17)15-8-5-9-16(22)10-15/h2-10,13H,11-12H2,1H3,(H,24,25)(H,26,27). The highest BCUT2D eigenvalue weighted by atomic mass is 32.1. The van der Waals surface area contributed by atoms with E-state index < -0.39 is 17.4 Å². The van der Waals surface area contributed by atoms with Crippen molar-refractivity contribution in [2.75, 3.05) is 0 Å². The highest BCUT2D eigenvalue weighted by molar-refractivity contribution is 7.13. The number of aromatic nitrogens is 1. The summed E-state index contributed by atoms with van der Waals surface area (Å²) in [4.78, 5) is 28.6. The quantitative estimate of drug-likeness (QED) is 0.636. The molecule has 144 valence electrons. The average Bonchev–Trinajstić information content (AvgIpc) is 3.10. The van der Waals surface area contributed by atoms with E-state index in [-0.39, 0.29) is 18.7 Å². The molecule has 0 aliphatic carbocycles. The van der Waals surface area contributed by atoms with Crippen molar-refractivity contribution >= 4 is 23.2 Å². The molecule has 5 nitrogen and oxygen atoms in total. The van der Waals surface area contributed by atoms with Gasteiger partial charge in [-0.25, -0.2) is 14.2 Å². The number of nitrogens with one attached hydrogen (secondary N) is 1. The highest BCUT2D eigenvalue weighted by Crippen LogP contribution is 2.24. The molecule has 1 unspecified atom stereocenters. The van der Waals surface area contributed by atoms with Crippen LogP contribution in [0.1, 0.15) is 18.2 Å². The van der Waals surface area contributed by atoms with Crippen LogP contribution in [0.4, 0.5) is 4.39 Å². The Morgan fingerprint density at radius 1 is 1.18 bits per heavy atom. The Labute approximate surface area is 165 Å². The Hall–Kier alpha value is -3.06. The Kier molecular flexibility index (Phi) is 5.84. The van der Waals surface area contributed by atoms with E-state index in [0.717, 1.165) is 5.56 Å². The van der Waals surface area contributed by atoms with Gasteiger partial charge in [0.25, 0.3) is 0 Å². The van der Waals surface area contributed by atoms with Gasteiger partial charge in [-0.15, -0.1) is 11.3 Å². The van der Waals surface area contributed by atoms with E-state index in [2.05, 4.69) is 10.3 Å². The third-order valence-electron chi connectivity index (χ3n) is 4.25. The Morgan fingerprint density at radius 2 is 1.93 bits per heavy atom. The van der Waals surface area contributed by atoms with Gasteiger partial charge in [-0.3, -0.25) is 4.79 Å². The maximum absolute atomic E-state index is 13.4. The Balaban J connectivity index is 1.69. The molecule has 0 fully saturated rings. The van der Waals surface area contributed by atoms with Gasteiger partial charge < -0.3 is 10.4 Å². The van der Waals surface area contributed by atoms with Crippen molar-refractivity contribution in [3.05, 3.63) is 77.1 Å². The molecule has 28 heavy (non-hydrogen) atoms.